The fraction of sp³-hybridized carbons (Fsp3) is 0.727. The summed E-state index contributed by atoms with van der Waals surface area (Å²) in [5, 5.41) is 10.2. The van der Waals surface area contributed by atoms with Crippen LogP contribution >= 0.6 is 15.9 Å². The number of hydrogen-bond donors (Lipinski definition) is 1. The molecule has 3 fully saturated rings. The summed E-state index contributed by atoms with van der Waals surface area (Å²) in [7, 11) is -3.47. The lowest BCUT2D eigenvalue weighted by Gasteiger charge is -2.48. The third-order valence-electron chi connectivity index (χ3n) is 7.34. The van der Waals surface area contributed by atoms with Crippen LogP contribution in [0.25, 0.3) is 0 Å². The Morgan fingerprint density at radius 1 is 1.10 bits per heavy atom. The quantitative estimate of drug-likeness (QED) is 0.682. The van der Waals surface area contributed by atoms with Crippen LogP contribution in [0.3, 0.4) is 0 Å². The van der Waals surface area contributed by atoms with Crippen molar-refractivity contribution in [2.45, 2.75) is 81.2 Å². The van der Waals surface area contributed by atoms with Gasteiger partial charge in [0.05, 0.1) is 34.9 Å². The maximum Gasteiger partial charge on any atom is 0.243 e. The number of nitrogens with zero attached hydrogens (tertiary/aromatic N) is 1. The van der Waals surface area contributed by atoms with E-state index in [0.717, 1.165) is 30.2 Å². The summed E-state index contributed by atoms with van der Waals surface area (Å²) in [6.45, 7) is 7.63. The summed E-state index contributed by atoms with van der Waals surface area (Å²) in [6.07, 6.45) is 3.44. The van der Waals surface area contributed by atoms with Gasteiger partial charge in [-0.2, -0.15) is 4.31 Å². The van der Waals surface area contributed by atoms with E-state index in [1.54, 1.807) is 28.6 Å². The summed E-state index contributed by atoms with van der Waals surface area (Å²) in [5.74, 6) is 0. The zero-order chi connectivity index (χ0) is 21.8. The van der Waals surface area contributed by atoms with Gasteiger partial charge in [0.15, 0.2) is 0 Å². The molecule has 0 saturated carbocycles. The summed E-state index contributed by atoms with van der Waals surface area (Å²) in [6, 6.07) is 6.82. The molecule has 168 valence electrons. The maximum atomic E-state index is 13.0. The molecule has 1 spiro atoms. The molecule has 4 rings (SSSR count). The van der Waals surface area contributed by atoms with Gasteiger partial charge < -0.3 is 14.6 Å². The van der Waals surface area contributed by atoms with Gasteiger partial charge in [0.2, 0.25) is 10.0 Å². The SMILES string of the molecule is CC1(C)O[C@@](C)([C@@H]2CC3(CCN(S(=O)(=O)c4ccc(Br)cc4)CC3)CO2)CC[C@@H]1O. The first-order chi connectivity index (χ1) is 14.0. The van der Waals surface area contributed by atoms with Gasteiger partial charge in [-0.15, -0.1) is 0 Å². The third-order valence-corrected chi connectivity index (χ3v) is 9.78. The van der Waals surface area contributed by atoms with E-state index in [2.05, 4.69) is 22.9 Å². The van der Waals surface area contributed by atoms with E-state index in [1.165, 1.54) is 0 Å². The molecule has 0 bridgehead atoms. The van der Waals surface area contributed by atoms with Gasteiger partial charge in [-0.1, -0.05) is 15.9 Å². The Hall–Kier alpha value is -0.510. The monoisotopic (exact) mass is 501 g/mol. The predicted octanol–water partition coefficient (Wildman–Crippen LogP) is 3.72. The number of benzene rings is 1. The van der Waals surface area contributed by atoms with Crippen molar-refractivity contribution in [1.82, 2.24) is 4.31 Å². The summed E-state index contributed by atoms with van der Waals surface area (Å²) < 4.78 is 41.1. The van der Waals surface area contributed by atoms with E-state index in [9.17, 15) is 13.5 Å². The van der Waals surface area contributed by atoms with Crippen LogP contribution in [-0.4, -0.2) is 60.9 Å². The minimum Gasteiger partial charge on any atom is -0.390 e. The molecule has 3 saturated heterocycles. The smallest absolute Gasteiger partial charge is 0.243 e. The van der Waals surface area contributed by atoms with Gasteiger partial charge in [-0.3, -0.25) is 0 Å². The molecule has 1 aromatic rings. The van der Waals surface area contributed by atoms with Gasteiger partial charge in [0, 0.05) is 17.6 Å². The van der Waals surface area contributed by atoms with Gasteiger partial charge in [-0.25, -0.2) is 8.42 Å². The molecule has 3 aliphatic rings. The second-order valence-corrected chi connectivity index (χ2v) is 12.8. The fourth-order valence-corrected chi connectivity index (χ4v) is 6.91. The second-order valence-electron chi connectivity index (χ2n) is 9.93. The Morgan fingerprint density at radius 2 is 1.73 bits per heavy atom. The predicted molar refractivity (Wildman–Crippen MR) is 118 cm³/mol. The van der Waals surface area contributed by atoms with Crippen LogP contribution in [0.5, 0.6) is 0 Å². The largest absolute Gasteiger partial charge is 0.390 e. The molecule has 8 heteroatoms. The summed E-state index contributed by atoms with van der Waals surface area (Å²) in [5.41, 5.74) is -1.01. The summed E-state index contributed by atoms with van der Waals surface area (Å²) >= 11 is 3.36. The molecule has 3 aliphatic heterocycles. The van der Waals surface area contributed by atoms with E-state index in [4.69, 9.17) is 9.47 Å². The van der Waals surface area contributed by atoms with Crippen LogP contribution in [0.2, 0.25) is 0 Å². The van der Waals surface area contributed by atoms with Crippen LogP contribution in [-0.2, 0) is 19.5 Å². The van der Waals surface area contributed by atoms with Crippen molar-refractivity contribution < 1.29 is 23.0 Å². The van der Waals surface area contributed by atoms with Crippen molar-refractivity contribution in [3.63, 3.8) is 0 Å². The van der Waals surface area contributed by atoms with Crippen molar-refractivity contribution in [2.24, 2.45) is 5.41 Å². The number of aliphatic hydroxyl groups is 1. The molecule has 0 amide bonds. The Labute approximate surface area is 188 Å². The summed E-state index contributed by atoms with van der Waals surface area (Å²) in [4.78, 5) is 0.339. The van der Waals surface area contributed by atoms with E-state index in [-0.39, 0.29) is 11.5 Å². The Kier molecular flexibility index (Phi) is 5.91. The lowest BCUT2D eigenvalue weighted by molar-refractivity contribution is -0.245. The Morgan fingerprint density at radius 3 is 2.33 bits per heavy atom. The molecule has 1 N–H and O–H groups in total. The number of halogens is 1. The van der Waals surface area contributed by atoms with E-state index < -0.39 is 27.3 Å². The van der Waals surface area contributed by atoms with Crippen LogP contribution in [0.4, 0.5) is 0 Å². The molecule has 0 aromatic heterocycles. The fourth-order valence-electron chi connectivity index (χ4n) is 5.20. The number of ether oxygens (including phenoxy) is 2. The lowest BCUT2D eigenvalue weighted by atomic mass is 9.73. The van der Waals surface area contributed by atoms with E-state index >= 15 is 0 Å². The average Bonchev–Trinajstić information content (AvgIpc) is 3.10. The molecule has 1 aromatic carbocycles. The van der Waals surface area contributed by atoms with Crippen molar-refractivity contribution in [1.29, 1.82) is 0 Å². The first-order valence-corrected chi connectivity index (χ1v) is 12.9. The number of sulfonamides is 1. The van der Waals surface area contributed by atoms with Gasteiger partial charge in [0.1, 0.15) is 0 Å². The molecule has 3 heterocycles. The minimum atomic E-state index is -3.47. The van der Waals surface area contributed by atoms with Crippen LogP contribution < -0.4 is 0 Å². The van der Waals surface area contributed by atoms with Crippen LogP contribution in [0.15, 0.2) is 33.6 Å². The highest BCUT2D eigenvalue weighted by Crippen LogP contribution is 2.49. The molecule has 0 aliphatic carbocycles. The van der Waals surface area contributed by atoms with Gasteiger partial charge >= 0.3 is 0 Å². The number of hydrogen-bond acceptors (Lipinski definition) is 5. The van der Waals surface area contributed by atoms with Crippen molar-refractivity contribution >= 4 is 26.0 Å². The van der Waals surface area contributed by atoms with Gasteiger partial charge in [0.25, 0.3) is 0 Å². The van der Waals surface area contributed by atoms with E-state index in [1.807, 2.05) is 13.8 Å². The first-order valence-electron chi connectivity index (χ1n) is 10.7. The molecule has 0 radical (unpaired) electrons. The molecular weight excluding hydrogens is 470 g/mol. The lowest BCUT2D eigenvalue weighted by Crippen LogP contribution is -2.56. The van der Waals surface area contributed by atoms with Crippen molar-refractivity contribution in [3.05, 3.63) is 28.7 Å². The number of aliphatic hydroxyl groups excluding tert-OH is 1. The zero-order valence-electron chi connectivity index (χ0n) is 17.9. The minimum absolute atomic E-state index is 0.00296. The second kappa shape index (κ2) is 7.81. The Bertz CT molecular complexity index is 879. The number of rotatable bonds is 3. The topological polar surface area (TPSA) is 76.1 Å². The van der Waals surface area contributed by atoms with Gasteiger partial charge in [-0.05, 0) is 82.6 Å². The van der Waals surface area contributed by atoms with Crippen molar-refractivity contribution in [2.75, 3.05) is 19.7 Å². The maximum absolute atomic E-state index is 13.0. The Balaban J connectivity index is 1.41. The standard InChI is InChI=1S/C22H32BrNO5S/c1-20(2)18(25)8-9-21(3,29-20)19-14-22(15-28-19)10-12-24(13-11-22)30(26,27)17-6-4-16(23)5-7-17/h4-7,18-19,25H,8-15H2,1-3H3/t18-,19-,21+/m0/s1. The molecular formula is C22H32BrNO5S. The number of piperidine rings is 1. The average molecular weight is 502 g/mol. The third kappa shape index (κ3) is 4.11. The highest BCUT2D eigenvalue weighted by Gasteiger charge is 2.54. The molecule has 0 unspecified atom stereocenters. The van der Waals surface area contributed by atoms with Crippen molar-refractivity contribution in [3.8, 4) is 0 Å². The molecule has 30 heavy (non-hydrogen) atoms. The first kappa shape index (κ1) is 22.7. The normalized spacial score (nSPS) is 34.3. The highest BCUT2D eigenvalue weighted by molar-refractivity contribution is 9.10. The highest BCUT2D eigenvalue weighted by atomic mass is 79.9. The van der Waals surface area contributed by atoms with E-state index in [0.29, 0.717) is 31.0 Å². The molecule has 3 atom stereocenters. The molecule has 6 nitrogen and oxygen atoms in total. The van der Waals surface area contributed by atoms with Crippen LogP contribution in [0.1, 0.15) is 52.9 Å². The van der Waals surface area contributed by atoms with Crippen LogP contribution in [0, 0.1) is 5.41 Å². The zero-order valence-corrected chi connectivity index (χ0v) is 20.3.